The fraction of sp³-hybridized carbons (Fsp3) is 0.444. The van der Waals surface area contributed by atoms with E-state index in [1.165, 1.54) is 11.8 Å². The predicted octanol–water partition coefficient (Wildman–Crippen LogP) is 2.96. The van der Waals surface area contributed by atoms with E-state index >= 15 is 0 Å². The van der Waals surface area contributed by atoms with E-state index in [1.807, 2.05) is 31.2 Å². The summed E-state index contributed by atoms with van der Waals surface area (Å²) in [7, 11) is -1.28. The molecular weight excluding hydrogens is 324 g/mol. The van der Waals surface area contributed by atoms with Crippen LogP contribution >= 0.6 is 0 Å². The Kier molecular flexibility index (Phi) is 5.45. The van der Waals surface area contributed by atoms with Gasteiger partial charge in [0.1, 0.15) is 12.0 Å². The first kappa shape index (κ1) is 16.9. The largest absolute Gasteiger partial charge is 0.444 e. The van der Waals surface area contributed by atoms with Crippen molar-refractivity contribution >= 4 is 16.7 Å². The summed E-state index contributed by atoms with van der Waals surface area (Å²) in [4.78, 5) is 16.3. The summed E-state index contributed by atoms with van der Waals surface area (Å²) in [5.41, 5.74) is 2.66. The number of carbonyl (C=O) groups is 1. The number of rotatable bonds is 6. The average molecular weight is 346 g/mol. The van der Waals surface area contributed by atoms with Gasteiger partial charge in [-0.15, -0.1) is 0 Å². The fourth-order valence-electron chi connectivity index (χ4n) is 2.90. The Bertz CT molecular complexity index is 718. The van der Waals surface area contributed by atoms with Gasteiger partial charge in [-0.3, -0.25) is 9.00 Å². The van der Waals surface area contributed by atoms with E-state index in [0.29, 0.717) is 11.6 Å². The summed E-state index contributed by atoms with van der Waals surface area (Å²) >= 11 is 0. The van der Waals surface area contributed by atoms with Gasteiger partial charge >= 0.3 is 0 Å². The molecule has 3 rings (SSSR count). The molecule has 0 bridgehead atoms. The molecule has 0 saturated heterocycles. The second-order valence-corrected chi connectivity index (χ2v) is 7.74. The summed E-state index contributed by atoms with van der Waals surface area (Å²) < 4.78 is 17.6. The molecule has 1 heterocycles. The Balaban J connectivity index is 1.53. The van der Waals surface area contributed by atoms with Crippen LogP contribution in [0.4, 0.5) is 0 Å². The SMILES string of the molecule is Cc1ccc(-c2nc(C[S@@](=O)CC(=O)NC3CCCC3)co2)cc1. The first-order chi connectivity index (χ1) is 11.6. The van der Waals surface area contributed by atoms with Gasteiger partial charge in [-0.2, -0.15) is 0 Å². The first-order valence-corrected chi connectivity index (χ1v) is 9.75. The van der Waals surface area contributed by atoms with Crippen LogP contribution in [0.3, 0.4) is 0 Å². The van der Waals surface area contributed by atoms with Gasteiger partial charge in [-0.25, -0.2) is 4.98 Å². The van der Waals surface area contributed by atoms with Gasteiger partial charge in [0, 0.05) is 22.4 Å². The molecule has 6 heteroatoms. The molecule has 1 aromatic carbocycles. The molecule has 5 nitrogen and oxygen atoms in total. The highest BCUT2D eigenvalue weighted by molar-refractivity contribution is 7.84. The number of nitrogens with one attached hydrogen (secondary N) is 1. The van der Waals surface area contributed by atoms with Crippen LogP contribution < -0.4 is 5.32 Å². The summed E-state index contributed by atoms with van der Waals surface area (Å²) in [5.74, 6) is 0.622. The number of carbonyl (C=O) groups excluding carboxylic acids is 1. The minimum Gasteiger partial charge on any atom is -0.444 e. The molecule has 1 amide bonds. The molecule has 1 saturated carbocycles. The van der Waals surface area contributed by atoms with Gasteiger partial charge in [-0.1, -0.05) is 30.5 Å². The minimum atomic E-state index is -1.28. The zero-order chi connectivity index (χ0) is 16.9. The van der Waals surface area contributed by atoms with Crippen LogP contribution in [0.15, 0.2) is 34.9 Å². The summed E-state index contributed by atoms with van der Waals surface area (Å²) in [6.45, 7) is 2.02. The Morgan fingerprint density at radius 2 is 2.00 bits per heavy atom. The summed E-state index contributed by atoms with van der Waals surface area (Å²) in [5, 5.41) is 2.96. The molecule has 1 N–H and O–H groups in total. The van der Waals surface area contributed by atoms with Crippen molar-refractivity contribution in [2.75, 3.05) is 5.75 Å². The lowest BCUT2D eigenvalue weighted by Gasteiger charge is -2.11. The number of oxazole rings is 1. The lowest BCUT2D eigenvalue weighted by Crippen LogP contribution is -2.35. The Hall–Kier alpha value is -1.95. The molecule has 24 heavy (non-hydrogen) atoms. The molecule has 1 fully saturated rings. The maximum atomic E-state index is 12.2. The number of nitrogens with zero attached hydrogens (tertiary/aromatic N) is 1. The second kappa shape index (κ2) is 7.75. The molecule has 2 aromatic rings. The number of benzene rings is 1. The van der Waals surface area contributed by atoms with Crippen LogP contribution in [0.5, 0.6) is 0 Å². The van der Waals surface area contributed by atoms with Gasteiger partial charge in [0.2, 0.25) is 11.8 Å². The molecular formula is C18H22N2O3S. The monoisotopic (exact) mass is 346 g/mol. The Morgan fingerprint density at radius 1 is 1.29 bits per heavy atom. The molecule has 1 aliphatic carbocycles. The van der Waals surface area contributed by atoms with E-state index in [0.717, 1.165) is 31.2 Å². The molecule has 1 atom stereocenters. The fourth-order valence-corrected chi connectivity index (χ4v) is 3.84. The summed E-state index contributed by atoms with van der Waals surface area (Å²) in [6, 6.07) is 8.12. The van der Waals surface area contributed by atoms with Crippen LogP contribution in [-0.2, 0) is 21.3 Å². The lowest BCUT2D eigenvalue weighted by atomic mass is 10.1. The standard InChI is InChI=1S/C18H22N2O3S/c1-13-6-8-14(9-7-13)18-20-16(10-23-18)11-24(22)12-17(21)19-15-4-2-3-5-15/h6-10,15H,2-5,11-12H2,1H3,(H,19,21)/t24-/m1/s1. The molecule has 0 radical (unpaired) electrons. The first-order valence-electron chi connectivity index (χ1n) is 8.26. The lowest BCUT2D eigenvalue weighted by molar-refractivity contribution is -0.119. The van der Waals surface area contributed by atoms with Crippen LogP contribution in [0, 0.1) is 6.92 Å². The topological polar surface area (TPSA) is 72.2 Å². The number of aromatic nitrogens is 1. The normalized spacial score (nSPS) is 16.2. The zero-order valence-electron chi connectivity index (χ0n) is 13.8. The molecule has 128 valence electrons. The van der Waals surface area contributed by atoms with Crippen LogP contribution in [0.1, 0.15) is 36.9 Å². The third-order valence-corrected chi connectivity index (χ3v) is 5.37. The highest BCUT2D eigenvalue weighted by Crippen LogP contribution is 2.20. The molecule has 0 aliphatic heterocycles. The van der Waals surface area contributed by atoms with Crippen molar-refractivity contribution in [1.82, 2.24) is 10.3 Å². The maximum absolute atomic E-state index is 12.2. The quantitative estimate of drug-likeness (QED) is 0.873. The van der Waals surface area contributed by atoms with Crippen molar-refractivity contribution in [3.8, 4) is 11.5 Å². The van der Waals surface area contributed by atoms with Crippen molar-refractivity contribution in [3.05, 3.63) is 41.8 Å². The Labute approximate surface area is 144 Å². The van der Waals surface area contributed by atoms with Gasteiger partial charge < -0.3 is 9.73 Å². The van der Waals surface area contributed by atoms with Gasteiger partial charge in [0.15, 0.2) is 0 Å². The number of hydrogen-bond donors (Lipinski definition) is 1. The number of hydrogen-bond acceptors (Lipinski definition) is 4. The van der Waals surface area contributed by atoms with Crippen molar-refractivity contribution in [2.45, 2.75) is 44.4 Å². The molecule has 1 aromatic heterocycles. The summed E-state index contributed by atoms with van der Waals surface area (Å²) in [6.07, 6.45) is 5.90. The maximum Gasteiger partial charge on any atom is 0.232 e. The van der Waals surface area contributed by atoms with Crippen molar-refractivity contribution in [2.24, 2.45) is 0 Å². The van der Waals surface area contributed by atoms with E-state index in [4.69, 9.17) is 4.42 Å². The van der Waals surface area contributed by atoms with Gasteiger partial charge in [0.05, 0.1) is 11.4 Å². The molecule has 0 unspecified atom stereocenters. The zero-order valence-corrected chi connectivity index (χ0v) is 14.6. The van der Waals surface area contributed by atoms with Crippen LogP contribution in [0.25, 0.3) is 11.5 Å². The number of amides is 1. The Morgan fingerprint density at radius 3 is 2.71 bits per heavy atom. The molecule has 1 aliphatic rings. The third-order valence-electron chi connectivity index (χ3n) is 4.17. The molecule has 0 spiro atoms. The minimum absolute atomic E-state index is 0.0171. The van der Waals surface area contributed by atoms with Crippen molar-refractivity contribution in [1.29, 1.82) is 0 Å². The second-order valence-electron chi connectivity index (χ2n) is 6.29. The van der Waals surface area contributed by atoms with Crippen LogP contribution in [0.2, 0.25) is 0 Å². The van der Waals surface area contributed by atoms with Gasteiger partial charge in [0.25, 0.3) is 0 Å². The number of aryl methyl sites for hydroxylation is 1. The third kappa shape index (κ3) is 4.54. The van der Waals surface area contributed by atoms with E-state index in [-0.39, 0.29) is 23.5 Å². The van der Waals surface area contributed by atoms with E-state index in [9.17, 15) is 9.00 Å². The van der Waals surface area contributed by atoms with Crippen molar-refractivity contribution < 1.29 is 13.4 Å². The van der Waals surface area contributed by atoms with Crippen molar-refractivity contribution in [3.63, 3.8) is 0 Å². The smallest absolute Gasteiger partial charge is 0.232 e. The van der Waals surface area contributed by atoms with E-state index < -0.39 is 10.8 Å². The van der Waals surface area contributed by atoms with E-state index in [1.54, 1.807) is 0 Å². The van der Waals surface area contributed by atoms with Gasteiger partial charge in [-0.05, 0) is 31.9 Å². The predicted molar refractivity (Wildman–Crippen MR) is 93.8 cm³/mol. The highest BCUT2D eigenvalue weighted by atomic mass is 32.2. The highest BCUT2D eigenvalue weighted by Gasteiger charge is 2.19. The average Bonchev–Trinajstić information content (AvgIpc) is 3.19. The van der Waals surface area contributed by atoms with Crippen LogP contribution in [-0.4, -0.2) is 26.9 Å². The van der Waals surface area contributed by atoms with E-state index in [2.05, 4.69) is 10.3 Å².